The summed E-state index contributed by atoms with van der Waals surface area (Å²) < 4.78 is 13.7. The lowest BCUT2D eigenvalue weighted by Crippen LogP contribution is -2.41. The highest BCUT2D eigenvalue weighted by Gasteiger charge is 2.25. The summed E-state index contributed by atoms with van der Waals surface area (Å²) in [7, 11) is 0. The van der Waals surface area contributed by atoms with Gasteiger partial charge >= 0.3 is 0 Å². The molecule has 1 aromatic rings. The minimum Gasteiger partial charge on any atom is -0.399 e. The van der Waals surface area contributed by atoms with Crippen LogP contribution in [0.15, 0.2) is 18.2 Å². The molecule has 0 bridgehead atoms. The molecule has 0 saturated carbocycles. The van der Waals surface area contributed by atoms with Gasteiger partial charge in [0.05, 0.1) is 11.6 Å². The zero-order chi connectivity index (χ0) is 12.4. The quantitative estimate of drug-likeness (QED) is 0.757. The van der Waals surface area contributed by atoms with E-state index in [1.165, 1.54) is 6.07 Å². The van der Waals surface area contributed by atoms with E-state index in [-0.39, 0.29) is 17.6 Å². The molecule has 1 heterocycles. The molecule has 17 heavy (non-hydrogen) atoms. The van der Waals surface area contributed by atoms with E-state index in [1.54, 1.807) is 12.1 Å². The average Bonchev–Trinajstić information content (AvgIpc) is 2.29. The predicted octanol–water partition coefficient (Wildman–Crippen LogP) is 1.11. The monoisotopic (exact) mass is 237 g/mol. The maximum absolute atomic E-state index is 13.7. The number of rotatable bonds is 2. The third-order valence-electron chi connectivity index (χ3n) is 3.14. The summed E-state index contributed by atoms with van der Waals surface area (Å²) in [5.41, 5.74) is 11.7. The van der Waals surface area contributed by atoms with Gasteiger partial charge in [-0.2, -0.15) is 0 Å². The van der Waals surface area contributed by atoms with Gasteiger partial charge in [-0.05, 0) is 31.0 Å². The summed E-state index contributed by atoms with van der Waals surface area (Å²) in [5.74, 6) is -0.860. The van der Waals surface area contributed by atoms with E-state index in [9.17, 15) is 9.18 Å². The maximum Gasteiger partial charge on any atom is 0.222 e. The summed E-state index contributed by atoms with van der Waals surface area (Å²) in [6, 6.07) is 4.60. The molecule has 0 aromatic heterocycles. The molecule has 0 radical (unpaired) electrons. The molecular weight excluding hydrogens is 221 g/mol. The largest absolute Gasteiger partial charge is 0.399 e. The van der Waals surface area contributed by atoms with E-state index in [4.69, 9.17) is 11.5 Å². The first-order valence-corrected chi connectivity index (χ1v) is 5.67. The lowest BCUT2D eigenvalue weighted by atomic mass is 9.97. The van der Waals surface area contributed by atoms with E-state index >= 15 is 0 Å². The Morgan fingerprint density at radius 2 is 2.24 bits per heavy atom. The van der Waals surface area contributed by atoms with Gasteiger partial charge in [-0.25, -0.2) is 4.39 Å². The lowest BCUT2D eigenvalue weighted by molar-refractivity contribution is -0.122. The Morgan fingerprint density at radius 1 is 1.47 bits per heavy atom. The zero-order valence-corrected chi connectivity index (χ0v) is 9.53. The lowest BCUT2D eigenvalue weighted by Gasteiger charge is -2.33. The van der Waals surface area contributed by atoms with Gasteiger partial charge in [-0.1, -0.05) is 0 Å². The Hall–Kier alpha value is -1.78. The van der Waals surface area contributed by atoms with Crippen molar-refractivity contribution in [2.45, 2.75) is 12.8 Å². The van der Waals surface area contributed by atoms with Crippen molar-refractivity contribution in [3.05, 3.63) is 24.0 Å². The van der Waals surface area contributed by atoms with Crippen LogP contribution in [0, 0.1) is 11.7 Å². The van der Waals surface area contributed by atoms with Gasteiger partial charge in [-0.15, -0.1) is 0 Å². The van der Waals surface area contributed by atoms with Crippen molar-refractivity contribution in [2.75, 3.05) is 23.7 Å². The normalized spacial score (nSPS) is 20.3. The van der Waals surface area contributed by atoms with E-state index in [0.29, 0.717) is 17.9 Å². The standard InChI is InChI=1S/C12H16FN3O/c13-10-6-9(14)3-4-11(10)16-5-1-2-8(7-16)12(15)17/h3-4,6,8H,1-2,5,7,14H2,(H2,15,17). The molecule has 1 atom stereocenters. The highest BCUT2D eigenvalue weighted by atomic mass is 19.1. The minimum atomic E-state index is -0.352. The van der Waals surface area contributed by atoms with Crippen LogP contribution in [0.2, 0.25) is 0 Å². The fraction of sp³-hybridized carbons (Fsp3) is 0.417. The SMILES string of the molecule is NC(=O)C1CCCN(c2ccc(N)cc2F)C1. The van der Waals surface area contributed by atoms with E-state index in [1.807, 2.05) is 4.90 Å². The number of hydrogen-bond acceptors (Lipinski definition) is 3. The number of nitrogens with two attached hydrogens (primary N) is 2. The molecular formula is C12H16FN3O. The van der Waals surface area contributed by atoms with Gasteiger partial charge in [-0.3, -0.25) is 4.79 Å². The summed E-state index contributed by atoms with van der Waals surface area (Å²) in [5, 5.41) is 0. The molecule has 92 valence electrons. The predicted molar refractivity (Wildman–Crippen MR) is 64.9 cm³/mol. The number of nitrogen functional groups attached to an aromatic ring is 1. The van der Waals surface area contributed by atoms with Crippen LogP contribution < -0.4 is 16.4 Å². The first kappa shape index (κ1) is 11.7. The average molecular weight is 237 g/mol. The van der Waals surface area contributed by atoms with E-state index < -0.39 is 0 Å². The van der Waals surface area contributed by atoms with E-state index in [0.717, 1.165) is 19.4 Å². The highest BCUT2D eigenvalue weighted by Crippen LogP contribution is 2.26. The summed E-state index contributed by atoms with van der Waals surface area (Å²) in [6.07, 6.45) is 1.62. The van der Waals surface area contributed by atoms with Crippen LogP contribution in [0.1, 0.15) is 12.8 Å². The first-order valence-electron chi connectivity index (χ1n) is 5.67. The highest BCUT2D eigenvalue weighted by molar-refractivity contribution is 5.77. The van der Waals surface area contributed by atoms with Crippen molar-refractivity contribution in [3.63, 3.8) is 0 Å². The third-order valence-corrected chi connectivity index (χ3v) is 3.14. The number of amides is 1. The van der Waals surface area contributed by atoms with Gasteiger partial charge in [0.1, 0.15) is 5.82 Å². The molecule has 1 unspecified atom stereocenters. The Kier molecular flexibility index (Phi) is 3.17. The number of benzene rings is 1. The smallest absolute Gasteiger partial charge is 0.222 e. The Bertz CT molecular complexity index is 436. The second-order valence-corrected chi connectivity index (χ2v) is 4.40. The molecule has 5 heteroatoms. The number of nitrogens with zero attached hydrogens (tertiary/aromatic N) is 1. The van der Waals surface area contributed by atoms with Crippen LogP contribution in [0.25, 0.3) is 0 Å². The molecule has 4 nitrogen and oxygen atoms in total. The summed E-state index contributed by atoms with van der Waals surface area (Å²) in [6.45, 7) is 1.22. The number of primary amides is 1. The van der Waals surface area contributed by atoms with Crippen molar-refractivity contribution in [3.8, 4) is 0 Å². The van der Waals surface area contributed by atoms with Crippen LogP contribution in [0.5, 0.6) is 0 Å². The van der Waals surface area contributed by atoms with Gasteiger partial charge in [0.15, 0.2) is 0 Å². The number of carbonyl (C=O) groups is 1. The van der Waals surface area contributed by atoms with Crippen molar-refractivity contribution in [1.29, 1.82) is 0 Å². The Balaban J connectivity index is 2.19. The van der Waals surface area contributed by atoms with Crippen LogP contribution in [-0.4, -0.2) is 19.0 Å². The molecule has 2 rings (SSSR count). The van der Waals surface area contributed by atoms with Gasteiger partial charge in [0, 0.05) is 18.8 Å². The third kappa shape index (κ3) is 2.49. The second-order valence-electron chi connectivity index (χ2n) is 4.40. The van der Waals surface area contributed by atoms with Gasteiger partial charge < -0.3 is 16.4 Å². The van der Waals surface area contributed by atoms with Crippen molar-refractivity contribution >= 4 is 17.3 Å². The van der Waals surface area contributed by atoms with Crippen molar-refractivity contribution < 1.29 is 9.18 Å². The van der Waals surface area contributed by atoms with E-state index in [2.05, 4.69) is 0 Å². The second kappa shape index (κ2) is 4.61. The molecule has 1 saturated heterocycles. The maximum atomic E-state index is 13.7. The Morgan fingerprint density at radius 3 is 2.88 bits per heavy atom. The van der Waals surface area contributed by atoms with Crippen LogP contribution in [-0.2, 0) is 4.79 Å². The van der Waals surface area contributed by atoms with Crippen molar-refractivity contribution in [2.24, 2.45) is 11.7 Å². The molecule has 4 N–H and O–H groups in total. The molecule has 1 aliphatic rings. The molecule has 1 aromatic carbocycles. The number of anilines is 2. The minimum absolute atomic E-state index is 0.194. The first-order chi connectivity index (χ1) is 8.08. The summed E-state index contributed by atoms with van der Waals surface area (Å²) >= 11 is 0. The zero-order valence-electron chi connectivity index (χ0n) is 9.53. The van der Waals surface area contributed by atoms with Crippen LogP contribution in [0.3, 0.4) is 0 Å². The number of halogens is 1. The van der Waals surface area contributed by atoms with Crippen LogP contribution >= 0.6 is 0 Å². The number of hydrogen-bond donors (Lipinski definition) is 2. The van der Waals surface area contributed by atoms with Gasteiger partial charge in [0.25, 0.3) is 0 Å². The molecule has 1 aliphatic heterocycles. The molecule has 1 amide bonds. The fourth-order valence-electron chi connectivity index (χ4n) is 2.21. The Labute approximate surface area is 99.4 Å². The molecule has 0 aliphatic carbocycles. The number of carbonyl (C=O) groups excluding carboxylic acids is 1. The van der Waals surface area contributed by atoms with Crippen LogP contribution in [0.4, 0.5) is 15.8 Å². The molecule has 1 fully saturated rings. The number of piperidine rings is 1. The topological polar surface area (TPSA) is 72.4 Å². The van der Waals surface area contributed by atoms with Gasteiger partial charge in [0.2, 0.25) is 5.91 Å². The molecule has 0 spiro atoms. The van der Waals surface area contributed by atoms with Crippen molar-refractivity contribution in [1.82, 2.24) is 0 Å². The fourth-order valence-corrected chi connectivity index (χ4v) is 2.21. The summed E-state index contributed by atoms with van der Waals surface area (Å²) in [4.78, 5) is 13.0.